The molecule has 0 aromatic carbocycles. The second-order valence-corrected chi connectivity index (χ2v) is 6.33. The second-order valence-electron chi connectivity index (χ2n) is 6.33. The van der Waals surface area contributed by atoms with E-state index in [-0.39, 0.29) is 0 Å². The van der Waals surface area contributed by atoms with Crippen molar-refractivity contribution in [3.05, 3.63) is 0 Å². The zero-order chi connectivity index (χ0) is 13.4. The molecule has 0 amide bonds. The summed E-state index contributed by atoms with van der Waals surface area (Å²) in [5, 5.41) is 13.4. The van der Waals surface area contributed by atoms with Gasteiger partial charge in [0.1, 0.15) is 0 Å². The van der Waals surface area contributed by atoms with Crippen LogP contribution in [0.3, 0.4) is 0 Å². The molecule has 3 heteroatoms. The first kappa shape index (κ1) is 15.9. The first-order valence-corrected chi connectivity index (χ1v) is 7.54. The summed E-state index contributed by atoms with van der Waals surface area (Å²) in [7, 11) is 0. The van der Waals surface area contributed by atoms with E-state index in [1.807, 2.05) is 6.92 Å². The zero-order valence-corrected chi connectivity index (χ0v) is 12.4. The van der Waals surface area contributed by atoms with Gasteiger partial charge in [-0.2, -0.15) is 0 Å². The second kappa shape index (κ2) is 8.13. The van der Waals surface area contributed by atoms with Crippen LogP contribution in [0, 0.1) is 11.8 Å². The van der Waals surface area contributed by atoms with E-state index in [0.29, 0.717) is 19.1 Å². The lowest BCUT2D eigenvalue weighted by Crippen LogP contribution is -2.42. The van der Waals surface area contributed by atoms with Crippen molar-refractivity contribution < 1.29 is 9.84 Å². The number of rotatable bonds is 8. The molecule has 1 rings (SSSR count). The summed E-state index contributed by atoms with van der Waals surface area (Å²) in [6.07, 6.45) is 6.38. The number of ether oxygens (including phenoxy) is 1. The van der Waals surface area contributed by atoms with E-state index >= 15 is 0 Å². The van der Waals surface area contributed by atoms with Gasteiger partial charge in [0.05, 0.1) is 12.2 Å². The molecule has 0 bridgehead atoms. The van der Waals surface area contributed by atoms with Crippen LogP contribution in [0.5, 0.6) is 0 Å². The van der Waals surface area contributed by atoms with Crippen molar-refractivity contribution in [2.24, 2.45) is 11.8 Å². The number of nitrogens with one attached hydrogen (secondary N) is 1. The number of hydrogen-bond donors (Lipinski definition) is 2. The van der Waals surface area contributed by atoms with Gasteiger partial charge in [-0.05, 0) is 44.6 Å². The van der Waals surface area contributed by atoms with E-state index in [1.165, 1.54) is 25.7 Å². The Bertz CT molecular complexity index is 219. The highest BCUT2D eigenvalue weighted by Gasteiger charge is 2.23. The summed E-state index contributed by atoms with van der Waals surface area (Å²) in [5.41, 5.74) is -0.741. The lowest BCUT2D eigenvalue weighted by Gasteiger charge is -2.28. The van der Waals surface area contributed by atoms with Gasteiger partial charge in [0, 0.05) is 13.2 Å². The van der Waals surface area contributed by atoms with E-state index in [1.54, 1.807) is 0 Å². The Morgan fingerprint density at radius 1 is 1.39 bits per heavy atom. The molecule has 0 aromatic heterocycles. The SMILES string of the molecule is CCCNCC(C)(O)COCC1CCCC(C)C1. The number of hydrogen-bond acceptors (Lipinski definition) is 3. The minimum atomic E-state index is -0.741. The molecule has 18 heavy (non-hydrogen) atoms. The normalized spacial score (nSPS) is 28.0. The predicted octanol–water partition coefficient (Wildman–Crippen LogP) is 2.58. The van der Waals surface area contributed by atoms with Gasteiger partial charge in [-0.3, -0.25) is 0 Å². The Hall–Kier alpha value is -0.120. The molecule has 1 saturated carbocycles. The van der Waals surface area contributed by atoms with Gasteiger partial charge < -0.3 is 15.2 Å². The van der Waals surface area contributed by atoms with Gasteiger partial charge in [-0.15, -0.1) is 0 Å². The summed E-state index contributed by atoms with van der Waals surface area (Å²) in [6.45, 7) is 9.12. The molecule has 0 heterocycles. The van der Waals surface area contributed by atoms with Crippen molar-refractivity contribution >= 4 is 0 Å². The third-order valence-electron chi connectivity index (χ3n) is 3.74. The Balaban J connectivity index is 2.11. The fourth-order valence-corrected chi connectivity index (χ4v) is 2.74. The molecule has 0 aliphatic heterocycles. The predicted molar refractivity (Wildman–Crippen MR) is 75.7 cm³/mol. The maximum Gasteiger partial charge on any atom is 0.0975 e. The summed E-state index contributed by atoms with van der Waals surface area (Å²) < 4.78 is 5.73. The van der Waals surface area contributed by atoms with Crippen LogP contribution >= 0.6 is 0 Å². The van der Waals surface area contributed by atoms with Crippen LogP contribution in [0.2, 0.25) is 0 Å². The van der Waals surface area contributed by atoms with E-state index in [4.69, 9.17) is 4.74 Å². The fraction of sp³-hybridized carbons (Fsp3) is 1.00. The molecular formula is C15H31NO2. The van der Waals surface area contributed by atoms with Crippen LogP contribution in [-0.4, -0.2) is 37.0 Å². The zero-order valence-electron chi connectivity index (χ0n) is 12.4. The molecule has 0 spiro atoms. The molecule has 0 aromatic rings. The highest BCUT2D eigenvalue weighted by atomic mass is 16.5. The minimum absolute atomic E-state index is 0.439. The highest BCUT2D eigenvalue weighted by molar-refractivity contribution is 4.76. The maximum atomic E-state index is 10.1. The Kier molecular flexibility index (Phi) is 7.20. The summed E-state index contributed by atoms with van der Waals surface area (Å²) in [4.78, 5) is 0. The van der Waals surface area contributed by atoms with Gasteiger partial charge >= 0.3 is 0 Å². The standard InChI is InChI=1S/C15H31NO2/c1-4-8-16-11-15(3,17)12-18-10-14-7-5-6-13(2)9-14/h13-14,16-17H,4-12H2,1-3H3. The van der Waals surface area contributed by atoms with Gasteiger partial charge in [-0.1, -0.05) is 26.7 Å². The first-order valence-electron chi connectivity index (χ1n) is 7.54. The van der Waals surface area contributed by atoms with Crippen LogP contribution in [0.15, 0.2) is 0 Å². The third kappa shape index (κ3) is 6.72. The van der Waals surface area contributed by atoms with E-state index in [0.717, 1.165) is 25.5 Å². The summed E-state index contributed by atoms with van der Waals surface area (Å²) in [6, 6.07) is 0. The third-order valence-corrected chi connectivity index (χ3v) is 3.74. The largest absolute Gasteiger partial charge is 0.386 e. The van der Waals surface area contributed by atoms with Crippen molar-refractivity contribution in [2.45, 2.75) is 58.5 Å². The lowest BCUT2D eigenvalue weighted by molar-refractivity contribution is -0.0449. The lowest BCUT2D eigenvalue weighted by atomic mass is 9.83. The molecule has 3 unspecified atom stereocenters. The average Bonchev–Trinajstić information content (AvgIpc) is 2.29. The highest BCUT2D eigenvalue weighted by Crippen LogP contribution is 2.28. The number of aliphatic hydroxyl groups is 1. The van der Waals surface area contributed by atoms with Crippen LogP contribution in [-0.2, 0) is 4.74 Å². The van der Waals surface area contributed by atoms with Gasteiger partial charge in [0.25, 0.3) is 0 Å². The first-order chi connectivity index (χ1) is 8.53. The molecule has 108 valence electrons. The minimum Gasteiger partial charge on any atom is -0.386 e. The molecule has 1 fully saturated rings. The summed E-state index contributed by atoms with van der Waals surface area (Å²) in [5.74, 6) is 1.55. The topological polar surface area (TPSA) is 41.5 Å². The van der Waals surface area contributed by atoms with Gasteiger partial charge in [0.15, 0.2) is 0 Å². The molecular weight excluding hydrogens is 226 g/mol. The van der Waals surface area contributed by atoms with Gasteiger partial charge in [-0.25, -0.2) is 0 Å². The maximum absolute atomic E-state index is 10.1. The van der Waals surface area contributed by atoms with E-state index < -0.39 is 5.60 Å². The van der Waals surface area contributed by atoms with Gasteiger partial charge in [0.2, 0.25) is 0 Å². The monoisotopic (exact) mass is 257 g/mol. The summed E-state index contributed by atoms with van der Waals surface area (Å²) >= 11 is 0. The van der Waals surface area contributed by atoms with E-state index in [2.05, 4.69) is 19.2 Å². The smallest absolute Gasteiger partial charge is 0.0975 e. The quantitative estimate of drug-likeness (QED) is 0.657. The molecule has 2 N–H and O–H groups in total. The molecule has 0 saturated heterocycles. The Morgan fingerprint density at radius 3 is 2.83 bits per heavy atom. The molecule has 0 radical (unpaired) electrons. The van der Waals surface area contributed by atoms with Crippen LogP contribution in [0.4, 0.5) is 0 Å². The Labute approximate surface area is 112 Å². The Morgan fingerprint density at radius 2 is 2.17 bits per heavy atom. The van der Waals surface area contributed by atoms with Crippen molar-refractivity contribution in [3.63, 3.8) is 0 Å². The molecule has 1 aliphatic rings. The van der Waals surface area contributed by atoms with Crippen LogP contribution in [0.25, 0.3) is 0 Å². The molecule has 3 atom stereocenters. The molecule has 3 nitrogen and oxygen atoms in total. The van der Waals surface area contributed by atoms with Crippen LogP contribution < -0.4 is 5.32 Å². The fourth-order valence-electron chi connectivity index (χ4n) is 2.74. The molecule has 1 aliphatic carbocycles. The van der Waals surface area contributed by atoms with E-state index in [9.17, 15) is 5.11 Å². The van der Waals surface area contributed by atoms with Crippen molar-refractivity contribution in [1.82, 2.24) is 5.32 Å². The van der Waals surface area contributed by atoms with Crippen molar-refractivity contribution in [2.75, 3.05) is 26.3 Å². The van der Waals surface area contributed by atoms with Crippen molar-refractivity contribution in [3.8, 4) is 0 Å². The van der Waals surface area contributed by atoms with Crippen molar-refractivity contribution in [1.29, 1.82) is 0 Å². The van der Waals surface area contributed by atoms with Crippen LogP contribution in [0.1, 0.15) is 52.9 Å². The average molecular weight is 257 g/mol.